The molecule has 1 fully saturated rings. The van der Waals surface area contributed by atoms with Crippen molar-refractivity contribution in [3.63, 3.8) is 0 Å². The zero-order valence-electron chi connectivity index (χ0n) is 12.7. The molecule has 1 saturated heterocycles. The van der Waals surface area contributed by atoms with Crippen LogP contribution in [0.5, 0.6) is 11.5 Å². The fraction of sp³-hybridized carbons (Fsp3) is 0.389. The van der Waals surface area contributed by atoms with Crippen LogP contribution in [-0.2, 0) is 5.60 Å². The van der Waals surface area contributed by atoms with E-state index in [9.17, 15) is 5.11 Å². The number of pyridine rings is 1. The quantitative estimate of drug-likeness (QED) is 0.879. The van der Waals surface area contributed by atoms with Crippen molar-refractivity contribution < 1.29 is 9.84 Å². The number of rotatable bonds is 1. The molecule has 2 aromatic rings. The maximum absolute atomic E-state index is 11.7. The Labute approximate surface area is 130 Å². The number of likely N-dealkylation sites (tertiary alicyclic amines) is 1. The normalized spacial score (nSPS) is 25.2. The van der Waals surface area contributed by atoms with Gasteiger partial charge in [0, 0.05) is 23.5 Å². The predicted molar refractivity (Wildman–Crippen MR) is 84.0 cm³/mol. The summed E-state index contributed by atoms with van der Waals surface area (Å²) in [7, 11) is 2.13. The minimum absolute atomic E-state index is 0.177. The van der Waals surface area contributed by atoms with E-state index in [-0.39, 0.29) is 5.92 Å². The van der Waals surface area contributed by atoms with E-state index in [1.165, 1.54) is 0 Å². The lowest BCUT2D eigenvalue weighted by Crippen LogP contribution is -2.44. The van der Waals surface area contributed by atoms with Crippen LogP contribution in [0.3, 0.4) is 0 Å². The zero-order valence-corrected chi connectivity index (χ0v) is 12.7. The van der Waals surface area contributed by atoms with E-state index >= 15 is 0 Å². The van der Waals surface area contributed by atoms with Crippen LogP contribution in [-0.4, -0.2) is 35.1 Å². The van der Waals surface area contributed by atoms with Crippen molar-refractivity contribution >= 4 is 0 Å². The molecule has 1 aromatic heterocycles. The summed E-state index contributed by atoms with van der Waals surface area (Å²) in [5.74, 6) is 1.65. The van der Waals surface area contributed by atoms with E-state index in [0.717, 1.165) is 48.6 Å². The van der Waals surface area contributed by atoms with Crippen LogP contribution in [0.15, 0.2) is 42.7 Å². The highest BCUT2D eigenvalue weighted by Crippen LogP contribution is 2.51. The topological polar surface area (TPSA) is 45.6 Å². The Kier molecular flexibility index (Phi) is 3.17. The lowest BCUT2D eigenvalue weighted by Gasteiger charge is -2.44. The van der Waals surface area contributed by atoms with E-state index in [2.05, 4.69) is 16.9 Å². The number of hydrogen-bond acceptors (Lipinski definition) is 4. The Balaban J connectivity index is 1.87. The van der Waals surface area contributed by atoms with Gasteiger partial charge in [0.25, 0.3) is 0 Å². The summed E-state index contributed by atoms with van der Waals surface area (Å²) < 4.78 is 5.97. The van der Waals surface area contributed by atoms with Crippen molar-refractivity contribution in [2.75, 3.05) is 20.1 Å². The molecule has 0 bridgehead atoms. The third kappa shape index (κ3) is 1.95. The molecule has 22 heavy (non-hydrogen) atoms. The first-order chi connectivity index (χ1) is 10.7. The van der Waals surface area contributed by atoms with Crippen molar-refractivity contribution in [2.24, 2.45) is 5.92 Å². The number of benzene rings is 1. The van der Waals surface area contributed by atoms with Crippen LogP contribution in [0.4, 0.5) is 0 Å². The molecule has 3 heterocycles. The molecule has 1 N–H and O–H groups in total. The number of aromatic nitrogens is 1. The first-order valence-corrected chi connectivity index (χ1v) is 7.82. The fourth-order valence-electron chi connectivity index (χ4n) is 3.76. The van der Waals surface area contributed by atoms with E-state index in [0.29, 0.717) is 0 Å². The number of hydrogen-bond donors (Lipinski definition) is 1. The minimum atomic E-state index is -1.01. The summed E-state index contributed by atoms with van der Waals surface area (Å²) in [6.45, 7) is 2.01. The molecule has 0 unspecified atom stereocenters. The Morgan fingerprint density at radius 2 is 1.86 bits per heavy atom. The number of fused-ring (bicyclic) bond motifs is 2. The number of para-hydroxylation sites is 1. The smallest absolute Gasteiger partial charge is 0.136 e. The monoisotopic (exact) mass is 296 g/mol. The summed E-state index contributed by atoms with van der Waals surface area (Å²) >= 11 is 0. The summed E-state index contributed by atoms with van der Waals surface area (Å²) in [4.78, 5) is 6.54. The van der Waals surface area contributed by atoms with Crippen LogP contribution in [0.2, 0.25) is 0 Å². The lowest BCUT2D eigenvalue weighted by atomic mass is 9.71. The lowest BCUT2D eigenvalue weighted by molar-refractivity contribution is -0.0180. The van der Waals surface area contributed by atoms with Gasteiger partial charge in [-0.05, 0) is 51.0 Å². The Morgan fingerprint density at radius 3 is 2.68 bits per heavy atom. The van der Waals surface area contributed by atoms with Crippen LogP contribution in [0, 0.1) is 5.92 Å². The van der Waals surface area contributed by atoms with E-state index < -0.39 is 5.60 Å². The van der Waals surface area contributed by atoms with Crippen LogP contribution < -0.4 is 4.74 Å². The number of nitrogens with zero attached hydrogens (tertiary/aromatic N) is 2. The van der Waals surface area contributed by atoms with Gasteiger partial charge in [0.15, 0.2) is 0 Å². The molecule has 114 valence electrons. The molecule has 4 nitrogen and oxygen atoms in total. The van der Waals surface area contributed by atoms with Crippen molar-refractivity contribution in [1.82, 2.24) is 9.88 Å². The van der Waals surface area contributed by atoms with Gasteiger partial charge in [-0.15, -0.1) is 0 Å². The summed E-state index contributed by atoms with van der Waals surface area (Å²) in [6.07, 6.45) is 5.40. The molecular weight excluding hydrogens is 276 g/mol. The number of piperidine rings is 1. The fourth-order valence-corrected chi connectivity index (χ4v) is 3.76. The highest BCUT2D eigenvalue weighted by molar-refractivity contribution is 5.55. The second-order valence-electron chi connectivity index (χ2n) is 6.31. The van der Waals surface area contributed by atoms with E-state index in [4.69, 9.17) is 4.74 Å². The average Bonchev–Trinajstić information content (AvgIpc) is 2.56. The van der Waals surface area contributed by atoms with Crippen molar-refractivity contribution in [2.45, 2.75) is 18.4 Å². The molecule has 0 radical (unpaired) electrons. The molecule has 1 aromatic carbocycles. The van der Waals surface area contributed by atoms with Gasteiger partial charge in [-0.3, -0.25) is 4.98 Å². The van der Waals surface area contributed by atoms with Crippen molar-refractivity contribution in [1.29, 1.82) is 0 Å². The van der Waals surface area contributed by atoms with Gasteiger partial charge in [0.2, 0.25) is 0 Å². The Morgan fingerprint density at radius 1 is 1.14 bits per heavy atom. The van der Waals surface area contributed by atoms with Gasteiger partial charge >= 0.3 is 0 Å². The molecule has 2 aliphatic rings. The maximum atomic E-state index is 11.7. The molecule has 2 aliphatic heterocycles. The van der Waals surface area contributed by atoms with Gasteiger partial charge in [-0.2, -0.15) is 0 Å². The second kappa shape index (κ2) is 5.07. The van der Waals surface area contributed by atoms with Gasteiger partial charge in [0.1, 0.15) is 17.1 Å². The number of ether oxygens (including phenoxy) is 1. The standard InChI is InChI=1S/C18H20N2O2/c1-20-10-7-13(8-11-20)18(21)14-4-2-3-5-16(14)22-17-6-9-19-12-15(17)18/h2-6,9,12-13,21H,7-8,10-11H2,1H3/t18-/m1/s1. The molecule has 4 rings (SSSR count). The molecular formula is C18H20N2O2. The highest BCUT2D eigenvalue weighted by Gasteiger charge is 2.47. The average molecular weight is 296 g/mol. The predicted octanol–water partition coefficient (Wildman–Crippen LogP) is 2.77. The van der Waals surface area contributed by atoms with Gasteiger partial charge in [-0.25, -0.2) is 0 Å². The van der Waals surface area contributed by atoms with Crippen molar-refractivity contribution in [3.8, 4) is 11.5 Å². The van der Waals surface area contributed by atoms with Crippen molar-refractivity contribution in [3.05, 3.63) is 53.9 Å². The van der Waals surface area contributed by atoms with Crippen LogP contribution in [0.25, 0.3) is 0 Å². The second-order valence-corrected chi connectivity index (χ2v) is 6.31. The third-order valence-corrected chi connectivity index (χ3v) is 5.02. The zero-order chi connectivity index (χ0) is 15.2. The van der Waals surface area contributed by atoms with Crippen LogP contribution in [0.1, 0.15) is 24.0 Å². The summed E-state index contributed by atoms with van der Waals surface area (Å²) in [5, 5.41) is 11.7. The van der Waals surface area contributed by atoms with Gasteiger partial charge in [0.05, 0.1) is 0 Å². The molecule has 0 aliphatic carbocycles. The molecule has 0 amide bonds. The maximum Gasteiger partial charge on any atom is 0.136 e. The van der Waals surface area contributed by atoms with E-state index in [1.807, 2.05) is 30.3 Å². The largest absolute Gasteiger partial charge is 0.456 e. The molecule has 0 spiro atoms. The SMILES string of the molecule is CN1CCC([C@@]2(O)c3ccccc3Oc3ccncc32)CC1. The number of aliphatic hydroxyl groups is 1. The Bertz CT molecular complexity index is 647. The molecule has 1 atom stereocenters. The Hall–Kier alpha value is -1.91. The van der Waals surface area contributed by atoms with Gasteiger partial charge < -0.3 is 14.7 Å². The minimum Gasteiger partial charge on any atom is -0.456 e. The van der Waals surface area contributed by atoms with E-state index in [1.54, 1.807) is 12.4 Å². The molecule has 0 saturated carbocycles. The summed E-state index contributed by atoms with van der Waals surface area (Å²) in [5.41, 5.74) is 0.646. The molecule has 4 heteroatoms. The van der Waals surface area contributed by atoms with Crippen LogP contribution >= 0.6 is 0 Å². The first kappa shape index (κ1) is 13.7. The third-order valence-electron chi connectivity index (χ3n) is 5.02. The van der Waals surface area contributed by atoms with Gasteiger partial charge in [-0.1, -0.05) is 18.2 Å². The highest BCUT2D eigenvalue weighted by atomic mass is 16.5. The first-order valence-electron chi connectivity index (χ1n) is 7.82. The summed E-state index contributed by atoms with van der Waals surface area (Å²) in [6, 6.07) is 9.65.